The molecule has 0 radical (unpaired) electrons. The number of hydrogen-bond donors (Lipinski definition) is 0. The van der Waals surface area contributed by atoms with Crippen LogP contribution in [0.5, 0.6) is 5.75 Å². The van der Waals surface area contributed by atoms with Crippen LogP contribution in [0.2, 0.25) is 0 Å². The van der Waals surface area contributed by atoms with Crippen molar-refractivity contribution in [2.24, 2.45) is 5.92 Å². The second-order valence-electron chi connectivity index (χ2n) is 8.81. The molecule has 3 aromatic rings. The minimum Gasteiger partial charge on any atom is -0.460 e. The highest BCUT2D eigenvalue weighted by molar-refractivity contribution is 5.86. The lowest BCUT2D eigenvalue weighted by molar-refractivity contribution is -0.150. The van der Waals surface area contributed by atoms with Gasteiger partial charge in [-0.25, -0.2) is 4.39 Å². The quantitative estimate of drug-likeness (QED) is 0.469. The molecule has 2 aliphatic heterocycles. The molecule has 180 valence electrons. The van der Waals surface area contributed by atoms with Crippen LogP contribution >= 0.6 is 0 Å². The van der Waals surface area contributed by atoms with Crippen LogP contribution in [0.3, 0.4) is 0 Å². The predicted octanol–water partition coefficient (Wildman–Crippen LogP) is 4.57. The lowest BCUT2D eigenvalue weighted by atomic mass is 10.1. The third-order valence-electron chi connectivity index (χ3n) is 6.33. The van der Waals surface area contributed by atoms with Gasteiger partial charge in [0.15, 0.2) is 0 Å². The first-order valence-corrected chi connectivity index (χ1v) is 11.7. The Labute approximate surface area is 203 Å². The Morgan fingerprint density at radius 3 is 2.57 bits per heavy atom. The number of carbonyl (C=O) groups excluding carboxylic acids is 2. The summed E-state index contributed by atoms with van der Waals surface area (Å²) in [7, 11) is 0. The normalized spacial score (nSPS) is 19.2. The molecule has 2 aliphatic rings. The van der Waals surface area contributed by atoms with Gasteiger partial charge in [0.1, 0.15) is 18.2 Å². The highest BCUT2D eigenvalue weighted by atomic mass is 19.1. The standard InChI is InChI=1S/C28H26FNO5/c29-24-13-22(26-23(14-24)18-34-28(35-26)20-9-5-2-6-10-20)17-33-27(32)21-15-25(31)30(16-21)12-11-19-7-3-1-4-8-19/h1-10,13-14,21,28H,11-12,15-18H2/t21-,28+/m1/s1. The maximum Gasteiger partial charge on any atom is 0.311 e. The molecule has 6 nitrogen and oxygen atoms in total. The van der Waals surface area contributed by atoms with Gasteiger partial charge in [0.2, 0.25) is 12.2 Å². The minimum absolute atomic E-state index is 0.0581. The zero-order valence-corrected chi connectivity index (χ0v) is 19.2. The van der Waals surface area contributed by atoms with Crippen LogP contribution in [0.4, 0.5) is 4.39 Å². The number of likely N-dealkylation sites (tertiary alicyclic amines) is 1. The van der Waals surface area contributed by atoms with Crippen LogP contribution in [0.1, 0.15) is 35.0 Å². The smallest absolute Gasteiger partial charge is 0.311 e. The summed E-state index contributed by atoms with van der Waals surface area (Å²) < 4.78 is 31.5. The molecule has 0 bridgehead atoms. The lowest BCUT2D eigenvalue weighted by Gasteiger charge is -2.28. The second-order valence-corrected chi connectivity index (χ2v) is 8.81. The summed E-state index contributed by atoms with van der Waals surface area (Å²) in [6.07, 6.45) is 0.218. The first kappa shape index (κ1) is 23.1. The fourth-order valence-corrected chi connectivity index (χ4v) is 4.48. The van der Waals surface area contributed by atoms with Gasteiger partial charge < -0.3 is 19.1 Å². The van der Waals surface area contributed by atoms with Crippen LogP contribution in [0.25, 0.3) is 0 Å². The summed E-state index contributed by atoms with van der Waals surface area (Å²) in [5, 5.41) is 0. The van der Waals surface area contributed by atoms with Crippen LogP contribution in [0.15, 0.2) is 72.8 Å². The molecule has 7 heteroatoms. The topological polar surface area (TPSA) is 65.1 Å². The van der Waals surface area contributed by atoms with Crippen molar-refractivity contribution in [2.45, 2.75) is 32.3 Å². The fraction of sp³-hybridized carbons (Fsp3) is 0.286. The lowest BCUT2D eigenvalue weighted by Crippen LogP contribution is -2.29. The number of halogens is 1. The van der Waals surface area contributed by atoms with Gasteiger partial charge in [-0.2, -0.15) is 0 Å². The summed E-state index contributed by atoms with van der Waals surface area (Å²) in [4.78, 5) is 26.9. The maximum atomic E-state index is 14.2. The summed E-state index contributed by atoms with van der Waals surface area (Å²) in [6.45, 7) is 0.918. The van der Waals surface area contributed by atoms with E-state index >= 15 is 0 Å². The van der Waals surface area contributed by atoms with Crippen molar-refractivity contribution in [3.05, 3.63) is 101 Å². The SMILES string of the molecule is O=C(OCc1cc(F)cc2c1O[C@@H](c1ccccc1)OC2)[C@@H]1CC(=O)N(CCc2ccccc2)C1. The molecular formula is C28H26FNO5. The van der Waals surface area contributed by atoms with Crippen molar-refractivity contribution in [2.75, 3.05) is 13.1 Å². The van der Waals surface area contributed by atoms with Crippen LogP contribution in [0, 0.1) is 11.7 Å². The minimum atomic E-state index is -0.630. The van der Waals surface area contributed by atoms with Crippen molar-refractivity contribution in [3.8, 4) is 5.75 Å². The molecule has 1 amide bonds. The number of carbonyl (C=O) groups is 2. The molecule has 3 aromatic carbocycles. The number of nitrogens with zero attached hydrogens (tertiary/aromatic N) is 1. The predicted molar refractivity (Wildman–Crippen MR) is 126 cm³/mol. The molecule has 0 unspecified atom stereocenters. The number of benzene rings is 3. The Morgan fingerprint density at radius 1 is 1.06 bits per heavy atom. The first-order valence-electron chi connectivity index (χ1n) is 11.7. The van der Waals surface area contributed by atoms with Crippen molar-refractivity contribution in [3.63, 3.8) is 0 Å². The molecule has 0 spiro atoms. The van der Waals surface area contributed by atoms with Crippen molar-refractivity contribution in [1.29, 1.82) is 0 Å². The van der Waals surface area contributed by atoms with E-state index in [-0.39, 0.29) is 25.5 Å². The fourth-order valence-electron chi connectivity index (χ4n) is 4.48. The molecule has 2 heterocycles. The van der Waals surface area contributed by atoms with Crippen LogP contribution in [-0.4, -0.2) is 29.9 Å². The number of hydrogen-bond acceptors (Lipinski definition) is 5. The third-order valence-corrected chi connectivity index (χ3v) is 6.33. The average Bonchev–Trinajstić information content (AvgIpc) is 3.27. The highest BCUT2D eigenvalue weighted by Gasteiger charge is 2.35. The molecule has 1 fully saturated rings. The molecule has 2 atom stereocenters. The van der Waals surface area contributed by atoms with Gasteiger partial charge in [-0.1, -0.05) is 60.7 Å². The van der Waals surface area contributed by atoms with Gasteiger partial charge in [-0.05, 0) is 24.1 Å². The maximum absolute atomic E-state index is 14.2. The molecule has 5 rings (SSSR count). The zero-order valence-electron chi connectivity index (χ0n) is 19.2. The average molecular weight is 476 g/mol. The monoisotopic (exact) mass is 475 g/mol. The van der Waals surface area contributed by atoms with E-state index in [0.29, 0.717) is 30.0 Å². The van der Waals surface area contributed by atoms with Crippen molar-refractivity contribution >= 4 is 11.9 Å². The van der Waals surface area contributed by atoms with Crippen molar-refractivity contribution < 1.29 is 28.2 Å². The Hall–Kier alpha value is -3.71. The van der Waals surface area contributed by atoms with E-state index < -0.39 is 24.0 Å². The van der Waals surface area contributed by atoms with E-state index in [1.54, 1.807) is 4.90 Å². The van der Waals surface area contributed by atoms with Crippen molar-refractivity contribution in [1.82, 2.24) is 4.90 Å². The number of rotatable bonds is 7. The van der Waals surface area contributed by atoms with Gasteiger partial charge in [-0.3, -0.25) is 9.59 Å². The molecule has 1 saturated heterocycles. The van der Waals surface area contributed by atoms with Gasteiger partial charge in [-0.15, -0.1) is 0 Å². The number of amides is 1. The Bertz CT molecular complexity index is 1200. The molecule has 0 aromatic heterocycles. The number of fused-ring (bicyclic) bond motifs is 1. The highest BCUT2D eigenvalue weighted by Crippen LogP contribution is 2.37. The first-order chi connectivity index (χ1) is 17.1. The van der Waals surface area contributed by atoms with E-state index in [9.17, 15) is 14.0 Å². The number of ether oxygens (including phenoxy) is 3. The zero-order chi connectivity index (χ0) is 24.2. The molecular weight excluding hydrogens is 449 g/mol. The third kappa shape index (κ3) is 5.35. The summed E-state index contributed by atoms with van der Waals surface area (Å²) in [5.41, 5.74) is 2.97. The van der Waals surface area contributed by atoms with Crippen LogP contribution < -0.4 is 4.74 Å². The molecule has 0 saturated carbocycles. The molecule has 0 aliphatic carbocycles. The van der Waals surface area contributed by atoms with Gasteiger partial charge in [0, 0.05) is 36.2 Å². The Balaban J connectivity index is 1.21. The van der Waals surface area contributed by atoms with E-state index in [1.165, 1.54) is 12.1 Å². The molecule has 0 N–H and O–H groups in total. The Morgan fingerprint density at radius 2 is 1.80 bits per heavy atom. The second kappa shape index (κ2) is 10.3. The largest absolute Gasteiger partial charge is 0.460 e. The summed E-state index contributed by atoms with van der Waals surface area (Å²) in [5.74, 6) is -1.05. The van der Waals surface area contributed by atoms with Crippen LogP contribution in [-0.2, 0) is 38.7 Å². The summed E-state index contributed by atoms with van der Waals surface area (Å²) >= 11 is 0. The van der Waals surface area contributed by atoms with Gasteiger partial charge in [0.25, 0.3) is 0 Å². The van der Waals surface area contributed by atoms with E-state index in [1.807, 2.05) is 60.7 Å². The number of esters is 1. The Kier molecular flexibility index (Phi) is 6.77. The van der Waals surface area contributed by atoms with E-state index in [0.717, 1.165) is 17.5 Å². The molecule has 35 heavy (non-hydrogen) atoms. The van der Waals surface area contributed by atoms with Gasteiger partial charge in [0.05, 0.1) is 12.5 Å². The summed E-state index contributed by atoms with van der Waals surface area (Å²) in [6, 6.07) is 22.0. The van der Waals surface area contributed by atoms with Gasteiger partial charge >= 0.3 is 5.97 Å². The van der Waals surface area contributed by atoms with E-state index in [4.69, 9.17) is 14.2 Å². The van der Waals surface area contributed by atoms with E-state index in [2.05, 4.69) is 0 Å².